The zero-order valence-electron chi connectivity index (χ0n) is 14.0. The van der Waals surface area contributed by atoms with Gasteiger partial charge in [0, 0.05) is 23.1 Å². The van der Waals surface area contributed by atoms with E-state index in [9.17, 15) is 4.79 Å². The van der Waals surface area contributed by atoms with Gasteiger partial charge in [-0.05, 0) is 49.0 Å². The number of aryl methyl sites for hydroxylation is 1. The van der Waals surface area contributed by atoms with Crippen molar-refractivity contribution in [2.45, 2.75) is 40.5 Å². The van der Waals surface area contributed by atoms with Crippen molar-refractivity contribution < 1.29 is 9.53 Å². The van der Waals surface area contributed by atoms with E-state index in [1.54, 1.807) is 7.11 Å². The van der Waals surface area contributed by atoms with Crippen LogP contribution < -0.4 is 4.74 Å². The summed E-state index contributed by atoms with van der Waals surface area (Å²) in [7, 11) is 1.62. The third kappa shape index (κ3) is 3.40. The van der Waals surface area contributed by atoms with Gasteiger partial charge in [-0.15, -0.1) is 0 Å². The molecule has 122 valence electrons. The normalized spacial score (nSPS) is 11.2. The lowest BCUT2D eigenvalue weighted by molar-refractivity contribution is -0.103. The summed E-state index contributed by atoms with van der Waals surface area (Å²) in [6.45, 7) is 8.07. The van der Waals surface area contributed by atoms with Crippen LogP contribution in [0.3, 0.4) is 0 Å². The number of hydrogen-bond acceptors (Lipinski definition) is 4. The number of imidazole rings is 1. The highest BCUT2D eigenvalue weighted by atomic mass is 79.9. The van der Waals surface area contributed by atoms with E-state index < -0.39 is 0 Å². The zero-order chi connectivity index (χ0) is 17.2. The van der Waals surface area contributed by atoms with Gasteiger partial charge in [0.25, 0.3) is 0 Å². The van der Waals surface area contributed by atoms with Gasteiger partial charge >= 0.3 is 0 Å². The van der Waals surface area contributed by atoms with Crippen LogP contribution in [-0.4, -0.2) is 27.8 Å². The van der Waals surface area contributed by atoms with Gasteiger partial charge in [-0.3, -0.25) is 9.20 Å². The molecule has 0 radical (unpaired) electrons. The fourth-order valence-electron chi connectivity index (χ4n) is 2.63. The van der Waals surface area contributed by atoms with Gasteiger partial charge in [-0.1, -0.05) is 12.8 Å². The van der Waals surface area contributed by atoms with Gasteiger partial charge in [0.15, 0.2) is 6.29 Å². The summed E-state index contributed by atoms with van der Waals surface area (Å²) in [5.41, 5.74) is 2.62. The van der Waals surface area contributed by atoms with E-state index in [0.29, 0.717) is 24.4 Å². The Labute approximate surface area is 144 Å². The molecule has 2 rings (SSSR count). The maximum absolute atomic E-state index is 10.5. The first-order chi connectivity index (χ1) is 10.8. The van der Waals surface area contributed by atoms with Crippen molar-refractivity contribution in [3.63, 3.8) is 0 Å². The van der Waals surface area contributed by atoms with Gasteiger partial charge in [-0.2, -0.15) is 4.98 Å². The van der Waals surface area contributed by atoms with Crippen molar-refractivity contribution in [2.24, 2.45) is 5.41 Å². The molecule has 0 aliphatic carbocycles. The molecular weight excluding hydrogens is 358 g/mol. The second kappa shape index (κ2) is 6.71. The van der Waals surface area contributed by atoms with Crippen molar-refractivity contribution >= 4 is 28.0 Å². The summed E-state index contributed by atoms with van der Waals surface area (Å²) in [5, 5.41) is 0. The Hall–Kier alpha value is -1.87. The van der Waals surface area contributed by atoms with Gasteiger partial charge < -0.3 is 4.74 Å². The lowest BCUT2D eigenvalue weighted by atomic mass is 9.89. The van der Waals surface area contributed by atoms with E-state index in [-0.39, 0.29) is 5.41 Å². The molecule has 2 heterocycles. The second-order valence-corrected chi connectivity index (χ2v) is 6.72. The zero-order valence-corrected chi connectivity index (χ0v) is 15.6. The molecule has 0 aliphatic heterocycles. The molecule has 23 heavy (non-hydrogen) atoms. The number of methoxy groups -OCH3 is 1. The molecule has 2 aromatic heterocycles. The van der Waals surface area contributed by atoms with Crippen LogP contribution in [0.1, 0.15) is 37.7 Å². The minimum atomic E-state index is -0.354. The van der Waals surface area contributed by atoms with Crippen LogP contribution in [0.4, 0.5) is 0 Å². The molecule has 0 saturated heterocycles. The lowest BCUT2D eigenvalue weighted by Crippen LogP contribution is -2.13. The third-order valence-electron chi connectivity index (χ3n) is 3.73. The van der Waals surface area contributed by atoms with E-state index in [0.717, 1.165) is 28.0 Å². The van der Waals surface area contributed by atoms with Crippen LogP contribution >= 0.6 is 15.9 Å². The summed E-state index contributed by atoms with van der Waals surface area (Å²) < 4.78 is 8.24. The number of rotatable bonds is 4. The Balaban J connectivity index is 2.58. The quantitative estimate of drug-likeness (QED) is 0.606. The summed E-state index contributed by atoms with van der Waals surface area (Å²) in [6.07, 6.45) is 2.06. The van der Waals surface area contributed by atoms with Gasteiger partial charge in [0.1, 0.15) is 4.60 Å². The number of carbonyl (C=O) groups is 1. The molecule has 0 aromatic carbocycles. The fourth-order valence-corrected chi connectivity index (χ4v) is 3.28. The average Bonchev–Trinajstić information content (AvgIpc) is 2.80. The molecule has 0 unspecified atom stereocenters. The predicted octanol–water partition coefficient (Wildman–Crippen LogP) is 3.14. The minimum absolute atomic E-state index is 0.354. The number of fused-ring (bicyclic) bond motifs is 1. The molecule has 0 amide bonds. The number of hydrogen-bond donors (Lipinski definition) is 0. The minimum Gasteiger partial charge on any atom is -0.481 e. The van der Waals surface area contributed by atoms with Crippen LogP contribution in [-0.2, 0) is 17.6 Å². The highest BCUT2D eigenvalue weighted by molar-refractivity contribution is 9.10. The first kappa shape index (κ1) is 17.5. The first-order valence-corrected chi connectivity index (χ1v) is 8.20. The van der Waals surface area contributed by atoms with Gasteiger partial charge in [0.2, 0.25) is 11.7 Å². The predicted molar refractivity (Wildman–Crippen MR) is 92.7 cm³/mol. The second-order valence-electron chi connectivity index (χ2n) is 5.97. The Morgan fingerprint density at radius 1 is 1.39 bits per heavy atom. The molecule has 6 heteroatoms. The summed E-state index contributed by atoms with van der Waals surface area (Å²) in [6, 6.07) is 0. The fraction of sp³-hybridized carbons (Fsp3) is 0.471. The van der Waals surface area contributed by atoms with Crippen LogP contribution in [0.15, 0.2) is 4.60 Å². The van der Waals surface area contributed by atoms with Crippen molar-refractivity contribution in [1.29, 1.82) is 0 Å². The molecule has 0 spiro atoms. The molecule has 0 N–H and O–H groups in total. The smallest absolute Gasteiger partial charge is 0.238 e. The van der Waals surface area contributed by atoms with Crippen LogP contribution in [0.25, 0.3) is 5.78 Å². The Morgan fingerprint density at radius 2 is 2.09 bits per heavy atom. The van der Waals surface area contributed by atoms with Crippen LogP contribution in [0.2, 0.25) is 0 Å². The molecule has 0 aliphatic rings. The molecule has 5 nitrogen and oxygen atoms in total. The Morgan fingerprint density at radius 3 is 2.65 bits per heavy atom. The van der Waals surface area contributed by atoms with E-state index in [1.165, 1.54) is 0 Å². The third-order valence-corrected chi connectivity index (χ3v) is 4.54. The lowest BCUT2D eigenvalue weighted by Gasteiger charge is -2.15. The first-order valence-electron chi connectivity index (χ1n) is 7.41. The molecule has 0 saturated carbocycles. The topological polar surface area (TPSA) is 56.5 Å². The van der Waals surface area contributed by atoms with Crippen LogP contribution in [0, 0.1) is 24.2 Å². The van der Waals surface area contributed by atoms with E-state index in [1.807, 2.05) is 25.2 Å². The average molecular weight is 378 g/mol. The van der Waals surface area contributed by atoms with Crippen LogP contribution in [0.5, 0.6) is 5.88 Å². The van der Waals surface area contributed by atoms with Crippen molar-refractivity contribution in [1.82, 2.24) is 14.4 Å². The molecular formula is C17H20BrN3O2. The number of halogens is 1. The van der Waals surface area contributed by atoms with Gasteiger partial charge in [-0.25, -0.2) is 4.98 Å². The van der Waals surface area contributed by atoms with E-state index in [2.05, 4.69) is 44.7 Å². The summed E-state index contributed by atoms with van der Waals surface area (Å²) >= 11 is 3.64. The molecule has 0 bridgehead atoms. The Bertz CT molecular complexity index is 813. The number of ether oxygens (including phenoxy) is 1. The van der Waals surface area contributed by atoms with Crippen molar-refractivity contribution in [2.75, 3.05) is 7.11 Å². The molecule has 0 fully saturated rings. The highest BCUT2D eigenvalue weighted by Gasteiger charge is 2.23. The summed E-state index contributed by atoms with van der Waals surface area (Å²) in [4.78, 5) is 19.6. The number of aldehydes is 1. The maximum Gasteiger partial charge on any atom is 0.238 e. The monoisotopic (exact) mass is 377 g/mol. The highest BCUT2D eigenvalue weighted by Crippen LogP contribution is 2.30. The van der Waals surface area contributed by atoms with E-state index >= 15 is 0 Å². The number of aromatic nitrogens is 3. The number of carbonyl (C=O) groups excluding carboxylic acids is 1. The largest absolute Gasteiger partial charge is 0.481 e. The number of nitrogens with zero attached hydrogens (tertiary/aromatic N) is 3. The Kier molecular flexibility index (Phi) is 5.10. The standard InChI is InChI=1S/C17H20BrN3O2/c1-6-12-11(2)21-14(18)13(10-17(3,4)8-7-9-22)19-16(21)20-15(12)23-5/h9H,6,10H2,1-5H3. The maximum atomic E-state index is 10.5. The molecule has 0 atom stereocenters. The molecule has 2 aromatic rings. The van der Waals surface area contributed by atoms with Gasteiger partial charge in [0.05, 0.1) is 12.8 Å². The van der Waals surface area contributed by atoms with Crippen molar-refractivity contribution in [3.8, 4) is 17.7 Å². The SMILES string of the molecule is CCc1c(OC)nc2nc(CC(C)(C)C#CC=O)c(Br)n2c1C. The summed E-state index contributed by atoms with van der Waals surface area (Å²) in [5.74, 6) is 6.66. The van der Waals surface area contributed by atoms with E-state index in [4.69, 9.17) is 4.74 Å². The van der Waals surface area contributed by atoms with Crippen molar-refractivity contribution in [3.05, 3.63) is 21.6 Å².